The molecule has 0 spiro atoms. The summed E-state index contributed by atoms with van der Waals surface area (Å²) in [6.45, 7) is 6.35. The molecular weight excluding hydrogens is 309 g/mol. The van der Waals surface area contributed by atoms with Gasteiger partial charge in [0.25, 0.3) is 5.91 Å². The fraction of sp³-hybridized carbons (Fsp3) is 0.562. The summed E-state index contributed by atoms with van der Waals surface area (Å²) in [5.74, 6) is -1.15. The van der Waals surface area contributed by atoms with E-state index >= 15 is 0 Å². The summed E-state index contributed by atoms with van der Waals surface area (Å²) in [6.07, 6.45) is 0.405. The number of hydrogen-bond acceptors (Lipinski definition) is 3. The molecule has 2 N–H and O–H groups in total. The van der Waals surface area contributed by atoms with Crippen molar-refractivity contribution in [1.29, 1.82) is 0 Å². The zero-order valence-corrected chi connectivity index (χ0v) is 13.7. The first kappa shape index (κ1) is 17.2. The Morgan fingerprint density at radius 3 is 2.82 bits per heavy atom. The van der Waals surface area contributed by atoms with E-state index in [0.717, 1.165) is 0 Å². The first-order valence-corrected chi connectivity index (χ1v) is 7.67. The molecule has 0 heterocycles. The van der Waals surface area contributed by atoms with Gasteiger partial charge in [0, 0.05) is 25.0 Å². The Hall–Kier alpha value is -1.17. The van der Waals surface area contributed by atoms with Crippen LogP contribution in [0.2, 0.25) is 5.02 Å². The van der Waals surface area contributed by atoms with Crippen molar-refractivity contribution in [1.82, 2.24) is 5.32 Å². The van der Waals surface area contributed by atoms with Crippen molar-refractivity contribution in [3.63, 3.8) is 0 Å². The Bertz CT molecular complexity index is 579. The van der Waals surface area contributed by atoms with Crippen LogP contribution >= 0.6 is 11.6 Å². The van der Waals surface area contributed by atoms with E-state index in [4.69, 9.17) is 16.3 Å². The molecule has 2 rings (SSSR count). The lowest BCUT2D eigenvalue weighted by Crippen LogP contribution is -2.68. The van der Waals surface area contributed by atoms with E-state index in [1.54, 1.807) is 0 Å². The summed E-state index contributed by atoms with van der Waals surface area (Å²) >= 11 is 5.79. The molecule has 122 valence electrons. The van der Waals surface area contributed by atoms with E-state index in [1.807, 2.05) is 20.8 Å². The van der Waals surface area contributed by atoms with E-state index in [9.17, 15) is 14.3 Å². The second-order valence-electron chi connectivity index (χ2n) is 6.19. The second-order valence-corrected chi connectivity index (χ2v) is 6.56. The van der Waals surface area contributed by atoms with Crippen LogP contribution in [0.25, 0.3) is 0 Å². The van der Waals surface area contributed by atoms with Gasteiger partial charge >= 0.3 is 0 Å². The van der Waals surface area contributed by atoms with Gasteiger partial charge in [-0.25, -0.2) is 4.39 Å². The fourth-order valence-electron chi connectivity index (χ4n) is 2.76. The van der Waals surface area contributed by atoms with E-state index < -0.39 is 22.7 Å². The lowest BCUT2D eigenvalue weighted by molar-refractivity contribution is -0.237. The number of halogens is 2. The summed E-state index contributed by atoms with van der Waals surface area (Å²) < 4.78 is 18.9. The Balaban J connectivity index is 2.01. The molecule has 1 amide bonds. The van der Waals surface area contributed by atoms with Crippen molar-refractivity contribution in [3.8, 4) is 0 Å². The number of carbonyl (C=O) groups excluding carboxylic acids is 1. The number of rotatable bonds is 5. The van der Waals surface area contributed by atoms with Crippen molar-refractivity contribution >= 4 is 17.5 Å². The monoisotopic (exact) mass is 329 g/mol. The topological polar surface area (TPSA) is 58.6 Å². The molecule has 22 heavy (non-hydrogen) atoms. The van der Waals surface area contributed by atoms with Crippen molar-refractivity contribution in [2.75, 3.05) is 13.2 Å². The third-order valence-corrected chi connectivity index (χ3v) is 5.02. The third kappa shape index (κ3) is 2.85. The molecule has 0 saturated heterocycles. The Morgan fingerprint density at radius 1 is 1.55 bits per heavy atom. The summed E-state index contributed by atoms with van der Waals surface area (Å²) in [4.78, 5) is 12.1. The number of aliphatic hydroxyl groups is 1. The minimum Gasteiger partial charge on any atom is -0.387 e. The highest BCUT2D eigenvalue weighted by Gasteiger charge is 2.59. The maximum atomic E-state index is 13.4. The predicted molar refractivity (Wildman–Crippen MR) is 82.5 cm³/mol. The van der Waals surface area contributed by atoms with Crippen LogP contribution in [0.4, 0.5) is 4.39 Å². The lowest BCUT2D eigenvalue weighted by atomic mass is 9.56. The molecule has 0 bridgehead atoms. The smallest absolute Gasteiger partial charge is 0.253 e. The quantitative estimate of drug-likeness (QED) is 0.873. The van der Waals surface area contributed by atoms with Crippen LogP contribution in [0.5, 0.6) is 0 Å². The van der Waals surface area contributed by atoms with Gasteiger partial charge in [-0.3, -0.25) is 4.79 Å². The first-order valence-electron chi connectivity index (χ1n) is 7.29. The molecule has 0 aromatic heterocycles. The zero-order chi connectivity index (χ0) is 16.5. The molecule has 4 nitrogen and oxygen atoms in total. The van der Waals surface area contributed by atoms with Gasteiger partial charge in [-0.2, -0.15) is 0 Å². The van der Waals surface area contributed by atoms with Crippen LogP contribution in [0.15, 0.2) is 18.2 Å². The van der Waals surface area contributed by atoms with Crippen LogP contribution in [0.1, 0.15) is 37.6 Å². The van der Waals surface area contributed by atoms with Crippen LogP contribution in [0.3, 0.4) is 0 Å². The van der Waals surface area contributed by atoms with Gasteiger partial charge in [0.1, 0.15) is 5.82 Å². The average molecular weight is 330 g/mol. The lowest BCUT2D eigenvalue weighted by Gasteiger charge is -2.57. The summed E-state index contributed by atoms with van der Waals surface area (Å²) in [7, 11) is 0. The summed E-state index contributed by atoms with van der Waals surface area (Å²) in [5.41, 5.74) is -1.46. The minimum absolute atomic E-state index is 0.0443. The molecule has 1 saturated carbocycles. The fourth-order valence-corrected chi connectivity index (χ4v) is 2.97. The average Bonchev–Trinajstić information content (AvgIpc) is 2.47. The van der Waals surface area contributed by atoms with Gasteiger partial charge in [-0.05, 0) is 19.1 Å². The van der Waals surface area contributed by atoms with Gasteiger partial charge in [0.15, 0.2) is 0 Å². The number of benzene rings is 1. The molecule has 0 radical (unpaired) electrons. The second kappa shape index (κ2) is 6.14. The Morgan fingerprint density at radius 2 is 2.23 bits per heavy atom. The number of nitrogens with one attached hydrogen (secondary N) is 1. The molecule has 0 aliphatic heterocycles. The van der Waals surface area contributed by atoms with Crippen LogP contribution in [-0.4, -0.2) is 35.9 Å². The largest absolute Gasteiger partial charge is 0.387 e. The summed E-state index contributed by atoms with van der Waals surface area (Å²) in [6, 6.07) is 4.05. The normalized spacial score (nSPS) is 26.4. The van der Waals surface area contributed by atoms with Gasteiger partial charge in [0.2, 0.25) is 0 Å². The van der Waals surface area contributed by atoms with Crippen molar-refractivity contribution in [3.05, 3.63) is 34.6 Å². The van der Waals surface area contributed by atoms with E-state index in [1.165, 1.54) is 18.2 Å². The molecule has 6 heteroatoms. The molecule has 1 aliphatic carbocycles. The first-order chi connectivity index (χ1) is 10.2. The number of ether oxygens (including phenoxy) is 1. The Kier molecular flexibility index (Phi) is 4.80. The predicted octanol–water partition coefficient (Wildman–Crippen LogP) is 2.78. The molecule has 1 aromatic carbocycles. The highest BCUT2D eigenvalue weighted by molar-refractivity contribution is 6.34. The standard InChI is InChI=1S/C16H21ClFNO3/c1-4-22-12-8-16(21,15(12,2)3)9-19-14(20)10-6-5-7-11(18)13(10)17/h5-7,12,21H,4,8-9H2,1-3H3,(H,19,20)/t12-,16+/m1/s1. The maximum Gasteiger partial charge on any atom is 0.253 e. The van der Waals surface area contributed by atoms with E-state index in [0.29, 0.717) is 13.0 Å². The number of hydrogen-bond donors (Lipinski definition) is 2. The molecular formula is C16H21ClFNO3. The maximum absolute atomic E-state index is 13.4. The SMILES string of the molecule is CCO[C@@H]1C[C@](O)(CNC(=O)c2cccc(F)c2Cl)C1(C)C. The molecule has 1 aromatic rings. The van der Waals surface area contributed by atoms with Gasteiger partial charge < -0.3 is 15.2 Å². The minimum atomic E-state index is -1.05. The number of carbonyl (C=O) groups is 1. The van der Waals surface area contributed by atoms with Gasteiger partial charge in [-0.1, -0.05) is 31.5 Å². The van der Waals surface area contributed by atoms with Crippen molar-refractivity contribution in [2.24, 2.45) is 5.41 Å². The Labute approximate surface area is 134 Å². The van der Waals surface area contributed by atoms with Crippen LogP contribution in [-0.2, 0) is 4.74 Å². The third-order valence-electron chi connectivity index (χ3n) is 4.63. The van der Waals surface area contributed by atoms with Gasteiger partial charge in [-0.15, -0.1) is 0 Å². The molecule has 1 fully saturated rings. The van der Waals surface area contributed by atoms with Gasteiger partial charge in [0.05, 0.1) is 22.3 Å². The molecule has 2 atom stereocenters. The van der Waals surface area contributed by atoms with Crippen molar-refractivity contribution in [2.45, 2.75) is 38.9 Å². The molecule has 0 unspecified atom stereocenters. The highest BCUT2D eigenvalue weighted by atomic mass is 35.5. The number of amides is 1. The highest BCUT2D eigenvalue weighted by Crippen LogP contribution is 2.50. The van der Waals surface area contributed by atoms with Crippen molar-refractivity contribution < 1.29 is 19.0 Å². The zero-order valence-electron chi connectivity index (χ0n) is 13.0. The summed E-state index contributed by atoms with van der Waals surface area (Å²) in [5, 5.41) is 13.1. The van der Waals surface area contributed by atoms with Crippen LogP contribution in [0, 0.1) is 11.2 Å². The van der Waals surface area contributed by atoms with E-state index in [-0.39, 0.29) is 23.2 Å². The van der Waals surface area contributed by atoms with E-state index in [2.05, 4.69) is 5.32 Å². The molecule has 1 aliphatic rings. The van der Waals surface area contributed by atoms with Crippen LogP contribution < -0.4 is 5.32 Å².